The molecule has 3 rings (SSSR count). The van der Waals surface area contributed by atoms with Gasteiger partial charge in [0.05, 0.1) is 15.3 Å². The first-order chi connectivity index (χ1) is 12.9. The zero-order chi connectivity index (χ0) is 19.6. The van der Waals surface area contributed by atoms with E-state index >= 15 is 0 Å². The summed E-state index contributed by atoms with van der Waals surface area (Å²) < 4.78 is 27.1. The summed E-state index contributed by atoms with van der Waals surface area (Å²) in [6, 6.07) is 10.1. The Morgan fingerprint density at radius 2 is 1.89 bits per heavy atom. The molecular weight excluding hydrogens is 382 g/mol. The number of benzene rings is 1. The molecule has 6 nitrogen and oxygen atoms in total. The first-order valence-electron chi connectivity index (χ1n) is 8.76. The van der Waals surface area contributed by atoms with Crippen LogP contribution in [0.1, 0.15) is 32.6 Å². The van der Waals surface area contributed by atoms with Crippen molar-refractivity contribution in [3.63, 3.8) is 0 Å². The summed E-state index contributed by atoms with van der Waals surface area (Å²) >= 11 is 1.49. The average molecular weight is 404 g/mol. The Bertz CT molecular complexity index is 997. The zero-order valence-electron chi connectivity index (χ0n) is 15.3. The number of thiophene rings is 1. The second-order valence-corrected chi connectivity index (χ2v) is 9.51. The van der Waals surface area contributed by atoms with Crippen LogP contribution in [0, 0.1) is 18.3 Å². The summed E-state index contributed by atoms with van der Waals surface area (Å²) in [5, 5.41) is 9.18. The molecular formula is C19H21N3O3S2. The van der Waals surface area contributed by atoms with E-state index in [0.717, 1.165) is 11.3 Å². The van der Waals surface area contributed by atoms with Gasteiger partial charge >= 0.3 is 0 Å². The van der Waals surface area contributed by atoms with Crippen molar-refractivity contribution in [3.05, 3.63) is 51.2 Å². The Kier molecular flexibility index (Phi) is 5.65. The largest absolute Gasteiger partial charge is 0.335 e. The van der Waals surface area contributed by atoms with Crippen LogP contribution in [0.25, 0.3) is 0 Å². The molecule has 0 spiro atoms. The van der Waals surface area contributed by atoms with Crippen molar-refractivity contribution in [2.24, 2.45) is 0 Å². The van der Waals surface area contributed by atoms with Gasteiger partial charge < -0.3 is 4.90 Å². The van der Waals surface area contributed by atoms with Gasteiger partial charge in [-0.1, -0.05) is 19.1 Å². The molecule has 1 saturated heterocycles. The molecule has 0 radical (unpaired) electrons. The Balaban J connectivity index is 1.73. The van der Waals surface area contributed by atoms with Crippen LogP contribution in [-0.4, -0.2) is 49.7 Å². The highest BCUT2D eigenvalue weighted by molar-refractivity contribution is 7.89. The lowest BCUT2D eigenvalue weighted by molar-refractivity contribution is 0.0702. The molecule has 8 heteroatoms. The Morgan fingerprint density at radius 3 is 2.48 bits per heavy atom. The summed E-state index contributed by atoms with van der Waals surface area (Å²) in [6.45, 7) is 5.19. The fraction of sp³-hybridized carbons (Fsp3) is 0.368. The Hall–Kier alpha value is -2.21. The molecule has 2 heterocycles. The molecule has 1 aliphatic heterocycles. The van der Waals surface area contributed by atoms with Gasteiger partial charge in [-0.2, -0.15) is 9.57 Å². The maximum Gasteiger partial charge on any atom is 0.264 e. The smallest absolute Gasteiger partial charge is 0.264 e. The van der Waals surface area contributed by atoms with E-state index < -0.39 is 10.0 Å². The number of aryl methyl sites for hydroxylation is 2. The van der Waals surface area contributed by atoms with Crippen molar-refractivity contribution in [2.75, 3.05) is 26.2 Å². The lowest BCUT2D eigenvalue weighted by Gasteiger charge is -2.33. The third-order valence-electron chi connectivity index (χ3n) is 4.76. The van der Waals surface area contributed by atoms with Crippen LogP contribution in [0.5, 0.6) is 0 Å². The van der Waals surface area contributed by atoms with Gasteiger partial charge in [0.1, 0.15) is 6.07 Å². The number of hydrogen-bond donors (Lipinski definition) is 0. The standard InChI is InChI=1S/C19H21N3O3S2/c1-3-15-12-17(26-14(15)2)19(23)21-8-10-22(11-9-21)27(24,25)18-7-5-4-6-16(18)13-20/h4-7,12H,3,8-11H2,1-2H3. The molecule has 1 aliphatic rings. The minimum Gasteiger partial charge on any atom is -0.335 e. The first-order valence-corrected chi connectivity index (χ1v) is 11.0. The van der Waals surface area contributed by atoms with Crippen LogP contribution in [0.15, 0.2) is 35.2 Å². The highest BCUT2D eigenvalue weighted by Crippen LogP contribution is 2.25. The predicted octanol–water partition coefficient (Wildman–Crippen LogP) is 2.64. The second kappa shape index (κ2) is 7.80. The topological polar surface area (TPSA) is 81.5 Å². The highest BCUT2D eigenvalue weighted by atomic mass is 32.2. The summed E-state index contributed by atoms with van der Waals surface area (Å²) in [5.41, 5.74) is 1.31. The number of sulfonamides is 1. The van der Waals surface area contributed by atoms with Gasteiger partial charge in [-0.05, 0) is 37.1 Å². The summed E-state index contributed by atoms with van der Waals surface area (Å²) in [7, 11) is -3.75. The first kappa shape index (κ1) is 19.5. The van der Waals surface area contributed by atoms with Crippen LogP contribution in [-0.2, 0) is 16.4 Å². The number of rotatable bonds is 4. The van der Waals surface area contributed by atoms with Crippen molar-refractivity contribution < 1.29 is 13.2 Å². The van der Waals surface area contributed by atoms with Gasteiger partial charge in [0.2, 0.25) is 10.0 Å². The van der Waals surface area contributed by atoms with Gasteiger partial charge in [-0.15, -0.1) is 11.3 Å². The molecule has 0 atom stereocenters. The highest BCUT2D eigenvalue weighted by Gasteiger charge is 2.32. The number of nitrogens with zero attached hydrogens (tertiary/aromatic N) is 3. The van der Waals surface area contributed by atoms with Crippen LogP contribution in [0.3, 0.4) is 0 Å². The Morgan fingerprint density at radius 1 is 1.22 bits per heavy atom. The number of hydrogen-bond acceptors (Lipinski definition) is 5. The molecule has 1 fully saturated rings. The van der Waals surface area contributed by atoms with Crippen molar-refractivity contribution in [2.45, 2.75) is 25.2 Å². The van der Waals surface area contributed by atoms with Gasteiger partial charge in [0.15, 0.2) is 0 Å². The fourth-order valence-corrected chi connectivity index (χ4v) is 5.83. The molecule has 1 aromatic heterocycles. The van der Waals surface area contributed by atoms with Gasteiger partial charge in [0, 0.05) is 31.1 Å². The van der Waals surface area contributed by atoms with Gasteiger partial charge in [0.25, 0.3) is 5.91 Å². The minimum absolute atomic E-state index is 0.0220. The number of carbonyl (C=O) groups excluding carboxylic acids is 1. The minimum atomic E-state index is -3.75. The lowest BCUT2D eigenvalue weighted by Crippen LogP contribution is -2.50. The third kappa shape index (κ3) is 3.76. The predicted molar refractivity (Wildman–Crippen MR) is 104 cm³/mol. The van der Waals surface area contributed by atoms with E-state index in [2.05, 4.69) is 6.92 Å². The van der Waals surface area contributed by atoms with E-state index in [0.29, 0.717) is 18.0 Å². The van der Waals surface area contributed by atoms with Crippen molar-refractivity contribution in [1.29, 1.82) is 5.26 Å². The molecule has 0 saturated carbocycles. The number of amides is 1. The number of nitriles is 1. The normalized spacial score (nSPS) is 15.5. The molecule has 27 heavy (non-hydrogen) atoms. The molecule has 0 N–H and O–H groups in total. The number of carbonyl (C=O) groups is 1. The van der Waals surface area contributed by atoms with E-state index in [-0.39, 0.29) is 29.5 Å². The van der Waals surface area contributed by atoms with E-state index in [4.69, 9.17) is 0 Å². The van der Waals surface area contributed by atoms with Crippen molar-refractivity contribution in [3.8, 4) is 6.07 Å². The fourth-order valence-electron chi connectivity index (χ4n) is 3.19. The molecule has 0 aliphatic carbocycles. The Labute approximate surface area is 163 Å². The molecule has 0 unspecified atom stereocenters. The van der Waals surface area contributed by atoms with Crippen LogP contribution in [0.2, 0.25) is 0 Å². The SMILES string of the molecule is CCc1cc(C(=O)N2CCN(S(=O)(=O)c3ccccc3C#N)CC2)sc1C. The third-order valence-corrected chi connectivity index (χ3v) is 7.80. The van der Waals surface area contributed by atoms with E-state index in [1.807, 2.05) is 19.1 Å². The molecule has 142 valence electrons. The summed E-state index contributed by atoms with van der Waals surface area (Å²) in [4.78, 5) is 16.3. The van der Waals surface area contributed by atoms with Crippen LogP contribution in [0.4, 0.5) is 0 Å². The maximum absolute atomic E-state index is 12.9. The van der Waals surface area contributed by atoms with Gasteiger partial charge in [-0.3, -0.25) is 4.79 Å². The van der Waals surface area contributed by atoms with Crippen LogP contribution < -0.4 is 0 Å². The monoisotopic (exact) mass is 403 g/mol. The number of piperazine rings is 1. The van der Waals surface area contributed by atoms with Crippen molar-refractivity contribution >= 4 is 27.3 Å². The van der Waals surface area contributed by atoms with Gasteiger partial charge in [-0.25, -0.2) is 8.42 Å². The summed E-state index contributed by atoms with van der Waals surface area (Å²) in [5.74, 6) is -0.0442. The average Bonchev–Trinajstić information content (AvgIpc) is 3.08. The molecule has 1 amide bonds. The zero-order valence-corrected chi connectivity index (χ0v) is 16.9. The summed E-state index contributed by atoms with van der Waals surface area (Å²) in [6.07, 6.45) is 0.889. The van der Waals surface area contributed by atoms with E-state index in [9.17, 15) is 18.5 Å². The van der Waals surface area contributed by atoms with E-state index in [1.165, 1.54) is 33.3 Å². The van der Waals surface area contributed by atoms with E-state index in [1.54, 1.807) is 17.0 Å². The van der Waals surface area contributed by atoms with Crippen molar-refractivity contribution in [1.82, 2.24) is 9.21 Å². The molecule has 1 aromatic carbocycles. The quantitative estimate of drug-likeness (QED) is 0.786. The second-order valence-electron chi connectivity index (χ2n) is 6.35. The van der Waals surface area contributed by atoms with Crippen LogP contribution >= 0.6 is 11.3 Å². The maximum atomic E-state index is 12.9. The lowest BCUT2D eigenvalue weighted by atomic mass is 10.2. The molecule has 2 aromatic rings. The molecule has 0 bridgehead atoms.